The summed E-state index contributed by atoms with van der Waals surface area (Å²) in [7, 11) is 1.99. The highest BCUT2D eigenvalue weighted by atomic mass is 19.1. The summed E-state index contributed by atoms with van der Waals surface area (Å²) >= 11 is 0. The maximum atomic E-state index is 13.2. The molecule has 0 aliphatic carbocycles. The number of nitrogens with zero attached hydrogens (tertiary/aromatic N) is 4. The molecular formula is C17H20FN5O2. The molecule has 8 heteroatoms. The number of nitrogens with one attached hydrogen (secondary N) is 1. The average Bonchev–Trinajstić information content (AvgIpc) is 3.32. The van der Waals surface area contributed by atoms with E-state index in [1.807, 2.05) is 7.05 Å². The van der Waals surface area contributed by atoms with E-state index < -0.39 is 0 Å². The van der Waals surface area contributed by atoms with Gasteiger partial charge in [-0.3, -0.25) is 4.90 Å². The van der Waals surface area contributed by atoms with E-state index in [0.29, 0.717) is 18.3 Å². The molecule has 0 unspecified atom stereocenters. The molecule has 0 amide bonds. The number of imidazole rings is 1. The molecule has 1 N–H and O–H groups in total. The zero-order chi connectivity index (χ0) is 17.2. The molecule has 0 saturated carbocycles. The lowest BCUT2D eigenvalue weighted by atomic mass is 10.2. The van der Waals surface area contributed by atoms with Gasteiger partial charge in [-0.1, -0.05) is 5.16 Å². The highest BCUT2D eigenvalue weighted by Crippen LogP contribution is 2.27. The minimum atomic E-state index is -0.265. The summed E-state index contributed by atoms with van der Waals surface area (Å²) in [4.78, 5) is 14.1. The molecule has 1 saturated heterocycles. The van der Waals surface area contributed by atoms with E-state index in [1.165, 1.54) is 12.1 Å². The number of fused-ring (bicyclic) bond motifs is 1. The highest BCUT2D eigenvalue weighted by molar-refractivity contribution is 5.74. The second-order valence-electron chi connectivity index (χ2n) is 6.38. The molecule has 2 aromatic heterocycles. The molecule has 7 nitrogen and oxygen atoms in total. The molecule has 3 heterocycles. The Kier molecular flexibility index (Phi) is 4.46. The maximum Gasteiger partial charge on any atom is 0.255 e. The Morgan fingerprint density at radius 1 is 1.36 bits per heavy atom. The Bertz CT molecular complexity index is 856. The zero-order valence-electron chi connectivity index (χ0n) is 14.0. The van der Waals surface area contributed by atoms with Crippen molar-refractivity contribution in [1.29, 1.82) is 0 Å². The van der Waals surface area contributed by atoms with Crippen molar-refractivity contribution in [2.24, 2.45) is 0 Å². The summed E-state index contributed by atoms with van der Waals surface area (Å²) in [6.07, 6.45) is 2.64. The number of benzene rings is 1. The smallest absolute Gasteiger partial charge is 0.255 e. The van der Waals surface area contributed by atoms with Crippen molar-refractivity contribution in [2.75, 3.05) is 20.2 Å². The van der Waals surface area contributed by atoms with Gasteiger partial charge in [0.15, 0.2) is 5.82 Å². The van der Waals surface area contributed by atoms with Gasteiger partial charge in [0.2, 0.25) is 0 Å². The first-order valence-electron chi connectivity index (χ1n) is 8.44. The summed E-state index contributed by atoms with van der Waals surface area (Å²) in [5.74, 6) is 1.79. The van der Waals surface area contributed by atoms with Crippen LogP contribution in [0.25, 0.3) is 11.0 Å². The number of hydrogen-bond acceptors (Lipinski definition) is 6. The molecule has 1 aromatic carbocycles. The van der Waals surface area contributed by atoms with Crippen LogP contribution >= 0.6 is 0 Å². The number of ether oxygens (including phenoxy) is 1. The summed E-state index contributed by atoms with van der Waals surface area (Å²) in [5.41, 5.74) is 1.50. The van der Waals surface area contributed by atoms with Crippen molar-refractivity contribution in [3.63, 3.8) is 0 Å². The zero-order valence-corrected chi connectivity index (χ0v) is 14.0. The van der Waals surface area contributed by atoms with Gasteiger partial charge in [-0.2, -0.15) is 4.98 Å². The highest BCUT2D eigenvalue weighted by Gasteiger charge is 2.24. The van der Waals surface area contributed by atoms with Crippen LogP contribution in [0.3, 0.4) is 0 Å². The molecule has 1 atom stereocenters. The molecule has 3 aromatic rings. The fraction of sp³-hybridized carbons (Fsp3) is 0.471. The topological polar surface area (TPSA) is 80.1 Å². The third-order valence-corrected chi connectivity index (χ3v) is 4.32. The van der Waals surface area contributed by atoms with Crippen molar-refractivity contribution < 1.29 is 13.7 Å². The van der Waals surface area contributed by atoms with E-state index in [-0.39, 0.29) is 11.9 Å². The predicted molar refractivity (Wildman–Crippen MR) is 88.3 cm³/mol. The lowest BCUT2D eigenvalue weighted by Crippen LogP contribution is -2.21. The van der Waals surface area contributed by atoms with Gasteiger partial charge >= 0.3 is 0 Å². The Labute approximate surface area is 144 Å². The first-order valence-corrected chi connectivity index (χ1v) is 8.44. The lowest BCUT2D eigenvalue weighted by Gasteiger charge is -2.12. The summed E-state index contributed by atoms with van der Waals surface area (Å²) in [6.45, 7) is 2.11. The first kappa shape index (κ1) is 16.2. The van der Waals surface area contributed by atoms with Crippen molar-refractivity contribution in [3.05, 3.63) is 41.6 Å². The minimum Gasteiger partial charge on any atom is -0.368 e. The van der Waals surface area contributed by atoms with Crippen LogP contribution < -0.4 is 0 Å². The van der Waals surface area contributed by atoms with E-state index in [4.69, 9.17) is 9.26 Å². The van der Waals surface area contributed by atoms with Gasteiger partial charge < -0.3 is 14.2 Å². The lowest BCUT2D eigenvalue weighted by molar-refractivity contribution is 0.0835. The van der Waals surface area contributed by atoms with Gasteiger partial charge in [0.05, 0.1) is 17.6 Å². The molecule has 4 rings (SSSR count). The van der Waals surface area contributed by atoms with Crippen LogP contribution in [-0.2, 0) is 17.7 Å². The van der Waals surface area contributed by atoms with Gasteiger partial charge in [-0.15, -0.1) is 0 Å². The van der Waals surface area contributed by atoms with E-state index in [0.717, 1.165) is 49.3 Å². The Balaban J connectivity index is 1.33. The molecular weight excluding hydrogens is 325 g/mol. The molecule has 0 spiro atoms. The number of rotatable bonds is 6. The van der Waals surface area contributed by atoms with Gasteiger partial charge in [0.1, 0.15) is 17.7 Å². The average molecular weight is 345 g/mol. The van der Waals surface area contributed by atoms with Crippen LogP contribution in [0.5, 0.6) is 0 Å². The van der Waals surface area contributed by atoms with Crippen molar-refractivity contribution in [3.8, 4) is 0 Å². The third-order valence-electron chi connectivity index (χ3n) is 4.32. The normalized spacial score (nSPS) is 17.8. The fourth-order valence-corrected chi connectivity index (χ4v) is 3.01. The largest absolute Gasteiger partial charge is 0.368 e. The SMILES string of the molecule is CN(CCc1nc2ccc(F)cc2[nH]1)Cc1noc([C@H]2CCCO2)n1. The minimum absolute atomic E-state index is 0.0532. The van der Waals surface area contributed by atoms with E-state index >= 15 is 0 Å². The Hall–Kier alpha value is -2.32. The van der Waals surface area contributed by atoms with Gasteiger partial charge in [0, 0.05) is 19.6 Å². The molecule has 1 fully saturated rings. The van der Waals surface area contributed by atoms with Crippen molar-refractivity contribution in [2.45, 2.75) is 31.9 Å². The number of aromatic amines is 1. The fourth-order valence-electron chi connectivity index (χ4n) is 3.01. The van der Waals surface area contributed by atoms with Crippen LogP contribution in [-0.4, -0.2) is 45.2 Å². The second kappa shape index (κ2) is 6.89. The van der Waals surface area contributed by atoms with Crippen LogP contribution in [0.2, 0.25) is 0 Å². The van der Waals surface area contributed by atoms with Crippen LogP contribution in [0.4, 0.5) is 4.39 Å². The number of aromatic nitrogens is 4. The predicted octanol–water partition coefficient (Wildman–Crippen LogP) is 2.61. The summed E-state index contributed by atoms with van der Waals surface area (Å²) in [5, 5.41) is 4.03. The number of hydrogen-bond donors (Lipinski definition) is 1. The molecule has 25 heavy (non-hydrogen) atoms. The van der Waals surface area contributed by atoms with Crippen LogP contribution in [0.15, 0.2) is 22.7 Å². The Morgan fingerprint density at radius 3 is 3.12 bits per heavy atom. The number of likely N-dealkylation sites (N-methyl/N-ethyl adjacent to an activating group) is 1. The van der Waals surface area contributed by atoms with Crippen LogP contribution in [0, 0.1) is 5.82 Å². The standard InChI is InChI=1S/C17H20FN5O2/c1-23(10-16-21-17(25-22-16)14-3-2-8-24-14)7-6-15-19-12-5-4-11(18)9-13(12)20-15/h4-5,9,14H,2-3,6-8,10H2,1H3,(H,19,20)/t14-/m1/s1. The van der Waals surface area contributed by atoms with Crippen molar-refractivity contribution in [1.82, 2.24) is 25.0 Å². The maximum absolute atomic E-state index is 13.2. The number of halogens is 1. The quantitative estimate of drug-likeness (QED) is 0.740. The van der Waals surface area contributed by atoms with Gasteiger partial charge in [0.25, 0.3) is 5.89 Å². The van der Waals surface area contributed by atoms with E-state index in [9.17, 15) is 4.39 Å². The summed E-state index contributed by atoms with van der Waals surface area (Å²) in [6, 6.07) is 4.56. The van der Waals surface area contributed by atoms with Gasteiger partial charge in [-0.25, -0.2) is 9.37 Å². The molecule has 1 aliphatic heterocycles. The third kappa shape index (κ3) is 3.69. The number of H-pyrrole nitrogens is 1. The first-order chi connectivity index (χ1) is 12.2. The van der Waals surface area contributed by atoms with Crippen LogP contribution in [0.1, 0.15) is 36.5 Å². The summed E-state index contributed by atoms with van der Waals surface area (Å²) < 4.78 is 24.1. The van der Waals surface area contributed by atoms with Crippen molar-refractivity contribution >= 4 is 11.0 Å². The van der Waals surface area contributed by atoms with E-state index in [1.54, 1.807) is 6.07 Å². The van der Waals surface area contributed by atoms with E-state index in [2.05, 4.69) is 25.0 Å². The van der Waals surface area contributed by atoms with Gasteiger partial charge in [-0.05, 0) is 38.1 Å². The Morgan fingerprint density at radius 2 is 2.28 bits per heavy atom. The molecule has 1 aliphatic rings. The monoisotopic (exact) mass is 345 g/mol. The molecule has 0 radical (unpaired) electrons. The molecule has 132 valence electrons. The second-order valence-corrected chi connectivity index (χ2v) is 6.38. The molecule has 0 bridgehead atoms.